The van der Waals surface area contributed by atoms with Gasteiger partial charge in [-0.3, -0.25) is 0 Å². The van der Waals surface area contributed by atoms with Gasteiger partial charge in [-0.15, -0.1) is 0 Å². The molecule has 1 saturated carbocycles. The van der Waals surface area contributed by atoms with Crippen LogP contribution in [0.2, 0.25) is 0 Å². The molecule has 1 aromatic carbocycles. The second kappa shape index (κ2) is 8.47. The van der Waals surface area contributed by atoms with Crippen LogP contribution in [0.1, 0.15) is 63.4 Å². The van der Waals surface area contributed by atoms with E-state index in [1.54, 1.807) is 6.07 Å². The predicted molar refractivity (Wildman–Crippen MR) is 83.5 cm³/mol. The Morgan fingerprint density at radius 2 is 1.86 bits per heavy atom. The van der Waals surface area contributed by atoms with Crippen LogP contribution in [0.25, 0.3) is 0 Å². The summed E-state index contributed by atoms with van der Waals surface area (Å²) in [7, 11) is 0. The van der Waals surface area contributed by atoms with Gasteiger partial charge in [-0.2, -0.15) is 0 Å². The lowest BCUT2D eigenvalue weighted by Gasteiger charge is -2.27. The highest BCUT2D eigenvalue weighted by atomic mass is 19.1. The Kier molecular flexibility index (Phi) is 6.62. The molecule has 0 bridgehead atoms. The molecule has 2 rings (SSSR count). The molecule has 1 aliphatic carbocycles. The molecule has 0 heterocycles. The quantitative estimate of drug-likeness (QED) is 0.574. The molecular weight excluding hydrogens is 268 g/mol. The summed E-state index contributed by atoms with van der Waals surface area (Å²) in [5.74, 6) is -0.202. The van der Waals surface area contributed by atoms with Crippen molar-refractivity contribution in [3.63, 3.8) is 0 Å². The molecule has 1 nitrogen and oxygen atoms in total. The standard InChI is InChI=1S/C18H27F2N/c1-2-11-21-13-17(14-7-5-3-4-6-8-14)16-10-9-15(19)12-18(16)20/h9-10,12,14,17,21H,2-8,11,13H2,1H3. The maximum atomic E-state index is 14.2. The van der Waals surface area contributed by atoms with Crippen LogP contribution in [-0.2, 0) is 0 Å². The molecule has 0 spiro atoms. The molecule has 1 aromatic rings. The summed E-state index contributed by atoms with van der Waals surface area (Å²) < 4.78 is 27.4. The molecule has 0 saturated heterocycles. The van der Waals surface area contributed by atoms with Crippen molar-refractivity contribution in [3.8, 4) is 0 Å². The van der Waals surface area contributed by atoms with Crippen LogP contribution in [0.15, 0.2) is 18.2 Å². The number of halogens is 2. The van der Waals surface area contributed by atoms with E-state index in [2.05, 4.69) is 12.2 Å². The van der Waals surface area contributed by atoms with Crippen LogP contribution in [-0.4, -0.2) is 13.1 Å². The molecular formula is C18H27F2N. The highest BCUT2D eigenvalue weighted by molar-refractivity contribution is 5.24. The molecule has 0 radical (unpaired) electrons. The molecule has 1 fully saturated rings. The summed E-state index contributed by atoms with van der Waals surface area (Å²) in [4.78, 5) is 0. The Morgan fingerprint density at radius 1 is 1.14 bits per heavy atom. The lowest BCUT2D eigenvalue weighted by Crippen LogP contribution is -2.28. The normalized spacial score (nSPS) is 18.4. The van der Waals surface area contributed by atoms with Gasteiger partial charge in [-0.05, 0) is 43.4 Å². The van der Waals surface area contributed by atoms with Gasteiger partial charge >= 0.3 is 0 Å². The monoisotopic (exact) mass is 295 g/mol. The van der Waals surface area contributed by atoms with E-state index in [1.165, 1.54) is 31.7 Å². The Morgan fingerprint density at radius 3 is 2.48 bits per heavy atom. The average Bonchev–Trinajstić information content (AvgIpc) is 2.74. The zero-order valence-corrected chi connectivity index (χ0v) is 13.0. The van der Waals surface area contributed by atoms with Crippen LogP contribution in [0.3, 0.4) is 0 Å². The minimum atomic E-state index is -0.489. The van der Waals surface area contributed by atoms with Gasteiger partial charge in [0.1, 0.15) is 11.6 Å². The molecule has 3 heteroatoms. The molecule has 1 atom stereocenters. The number of hydrogen-bond acceptors (Lipinski definition) is 1. The number of rotatable bonds is 6. The van der Waals surface area contributed by atoms with Crippen molar-refractivity contribution in [1.82, 2.24) is 5.32 Å². The largest absolute Gasteiger partial charge is 0.316 e. The van der Waals surface area contributed by atoms with Crippen molar-refractivity contribution < 1.29 is 8.78 Å². The number of hydrogen-bond donors (Lipinski definition) is 1. The summed E-state index contributed by atoms with van der Waals surface area (Å²) >= 11 is 0. The van der Waals surface area contributed by atoms with Crippen molar-refractivity contribution in [3.05, 3.63) is 35.4 Å². The van der Waals surface area contributed by atoms with E-state index in [0.717, 1.165) is 38.4 Å². The van der Waals surface area contributed by atoms with E-state index in [9.17, 15) is 8.78 Å². The van der Waals surface area contributed by atoms with Crippen LogP contribution in [0, 0.1) is 17.6 Å². The zero-order chi connectivity index (χ0) is 15.1. The van der Waals surface area contributed by atoms with E-state index in [0.29, 0.717) is 11.5 Å². The lowest BCUT2D eigenvalue weighted by atomic mass is 9.81. The Balaban J connectivity index is 2.17. The first kappa shape index (κ1) is 16.4. The maximum absolute atomic E-state index is 14.2. The highest BCUT2D eigenvalue weighted by Crippen LogP contribution is 2.36. The second-order valence-corrected chi connectivity index (χ2v) is 6.23. The second-order valence-electron chi connectivity index (χ2n) is 6.23. The molecule has 21 heavy (non-hydrogen) atoms. The van der Waals surface area contributed by atoms with Crippen molar-refractivity contribution in [2.24, 2.45) is 5.92 Å². The van der Waals surface area contributed by atoms with E-state index < -0.39 is 5.82 Å². The van der Waals surface area contributed by atoms with Crippen LogP contribution < -0.4 is 5.32 Å². The summed E-state index contributed by atoms with van der Waals surface area (Å²) in [5, 5.41) is 3.43. The maximum Gasteiger partial charge on any atom is 0.129 e. The highest BCUT2D eigenvalue weighted by Gasteiger charge is 2.26. The molecule has 118 valence electrons. The predicted octanol–water partition coefficient (Wildman–Crippen LogP) is 5.02. The first-order chi connectivity index (χ1) is 10.2. The fourth-order valence-corrected chi connectivity index (χ4v) is 3.48. The first-order valence-electron chi connectivity index (χ1n) is 8.38. The van der Waals surface area contributed by atoms with Gasteiger partial charge in [0.05, 0.1) is 0 Å². The van der Waals surface area contributed by atoms with Crippen LogP contribution in [0.4, 0.5) is 8.78 Å². The van der Waals surface area contributed by atoms with Gasteiger partial charge in [0.2, 0.25) is 0 Å². The summed E-state index contributed by atoms with van der Waals surface area (Å²) in [6.45, 7) is 3.87. The van der Waals surface area contributed by atoms with Gasteiger partial charge in [0.25, 0.3) is 0 Å². The smallest absolute Gasteiger partial charge is 0.129 e. The lowest BCUT2D eigenvalue weighted by molar-refractivity contribution is 0.352. The third kappa shape index (κ3) is 4.77. The SMILES string of the molecule is CCCNCC(c1ccc(F)cc1F)C1CCCCCC1. The van der Waals surface area contributed by atoms with Gasteiger partial charge in [0, 0.05) is 18.5 Å². The Labute approximate surface area is 127 Å². The summed E-state index contributed by atoms with van der Waals surface area (Å²) in [6, 6.07) is 4.06. The third-order valence-corrected chi connectivity index (χ3v) is 4.62. The third-order valence-electron chi connectivity index (χ3n) is 4.62. The fourth-order valence-electron chi connectivity index (χ4n) is 3.48. The van der Waals surface area contributed by atoms with E-state index in [-0.39, 0.29) is 11.7 Å². The molecule has 0 aromatic heterocycles. The van der Waals surface area contributed by atoms with E-state index in [1.807, 2.05) is 0 Å². The molecule has 0 aliphatic heterocycles. The molecule has 1 N–H and O–H groups in total. The molecule has 0 amide bonds. The van der Waals surface area contributed by atoms with Crippen molar-refractivity contribution in [1.29, 1.82) is 0 Å². The van der Waals surface area contributed by atoms with Crippen LogP contribution >= 0.6 is 0 Å². The van der Waals surface area contributed by atoms with Crippen molar-refractivity contribution in [2.45, 2.75) is 57.8 Å². The minimum absolute atomic E-state index is 0.162. The van der Waals surface area contributed by atoms with E-state index in [4.69, 9.17) is 0 Å². The van der Waals surface area contributed by atoms with E-state index >= 15 is 0 Å². The fraction of sp³-hybridized carbons (Fsp3) is 0.667. The van der Waals surface area contributed by atoms with Crippen molar-refractivity contribution in [2.75, 3.05) is 13.1 Å². The summed E-state index contributed by atoms with van der Waals surface area (Å²) in [5.41, 5.74) is 0.687. The summed E-state index contributed by atoms with van der Waals surface area (Å²) in [6.07, 6.45) is 8.44. The Bertz CT molecular complexity index is 425. The zero-order valence-electron chi connectivity index (χ0n) is 13.0. The first-order valence-corrected chi connectivity index (χ1v) is 8.38. The topological polar surface area (TPSA) is 12.0 Å². The van der Waals surface area contributed by atoms with Gasteiger partial charge in [-0.1, -0.05) is 38.7 Å². The van der Waals surface area contributed by atoms with Crippen LogP contribution in [0.5, 0.6) is 0 Å². The van der Waals surface area contributed by atoms with Crippen molar-refractivity contribution >= 4 is 0 Å². The number of nitrogens with one attached hydrogen (secondary N) is 1. The Hall–Kier alpha value is -0.960. The molecule has 1 unspecified atom stereocenters. The molecule has 1 aliphatic rings. The van der Waals surface area contributed by atoms with Gasteiger partial charge in [-0.25, -0.2) is 8.78 Å². The average molecular weight is 295 g/mol. The minimum Gasteiger partial charge on any atom is -0.316 e. The van der Waals surface area contributed by atoms with Gasteiger partial charge in [0.15, 0.2) is 0 Å². The number of benzene rings is 1. The van der Waals surface area contributed by atoms with Gasteiger partial charge < -0.3 is 5.32 Å².